The number of nitrogens with zero attached hydrogens (tertiary/aromatic N) is 3. The maximum Gasteiger partial charge on any atom is 0.271 e. The lowest BCUT2D eigenvalue weighted by atomic mass is 10.1. The Morgan fingerprint density at radius 2 is 2.12 bits per heavy atom. The quantitative estimate of drug-likeness (QED) is 0.424. The number of hydrazone groups is 1. The summed E-state index contributed by atoms with van der Waals surface area (Å²) in [6, 6.07) is 12.4. The molecule has 25 heavy (non-hydrogen) atoms. The highest BCUT2D eigenvalue weighted by Gasteiger charge is 2.08. The Hall–Kier alpha value is -3.22. The summed E-state index contributed by atoms with van der Waals surface area (Å²) in [5.74, 6) is -0.279. The van der Waals surface area contributed by atoms with Gasteiger partial charge in [-0.25, -0.2) is 5.43 Å². The van der Waals surface area contributed by atoms with E-state index >= 15 is 0 Å². The van der Waals surface area contributed by atoms with E-state index < -0.39 is 0 Å². The molecule has 0 aliphatic heterocycles. The third-order valence-electron chi connectivity index (χ3n) is 3.82. The monoisotopic (exact) mass is 338 g/mol. The zero-order chi connectivity index (χ0) is 17.6. The molecule has 2 aromatic carbocycles. The first kappa shape index (κ1) is 16.6. The average molecular weight is 338 g/mol. The van der Waals surface area contributed by atoms with Gasteiger partial charge in [0.05, 0.1) is 6.21 Å². The summed E-state index contributed by atoms with van der Waals surface area (Å²) in [5.41, 5.74) is 5.71. The van der Waals surface area contributed by atoms with Crippen LogP contribution in [0.15, 0.2) is 52.2 Å². The molecule has 0 atom stereocenters. The van der Waals surface area contributed by atoms with E-state index in [2.05, 4.69) is 27.2 Å². The minimum absolute atomic E-state index is 0.279. The van der Waals surface area contributed by atoms with Crippen LogP contribution in [0.5, 0.6) is 0 Å². The number of hydrogen-bond donors (Lipinski definition) is 1. The SMILES string of the molecule is CCCCc1ccc(C(=O)N/N=C/c2ccc3c(c2)no[n+]3[O-])cc1. The molecule has 1 amide bonds. The van der Waals surface area contributed by atoms with Crippen molar-refractivity contribution in [2.45, 2.75) is 26.2 Å². The van der Waals surface area contributed by atoms with Crippen molar-refractivity contribution in [2.24, 2.45) is 5.10 Å². The molecule has 3 aromatic rings. The van der Waals surface area contributed by atoms with Crippen LogP contribution in [0.25, 0.3) is 11.0 Å². The van der Waals surface area contributed by atoms with Crippen molar-refractivity contribution in [3.05, 3.63) is 64.4 Å². The third-order valence-corrected chi connectivity index (χ3v) is 3.82. The zero-order valence-corrected chi connectivity index (χ0v) is 13.8. The molecule has 3 rings (SSSR count). The van der Waals surface area contributed by atoms with Gasteiger partial charge >= 0.3 is 0 Å². The van der Waals surface area contributed by atoms with Gasteiger partial charge in [-0.2, -0.15) is 5.10 Å². The zero-order valence-electron chi connectivity index (χ0n) is 13.8. The number of rotatable bonds is 6. The van der Waals surface area contributed by atoms with Crippen LogP contribution in [0.3, 0.4) is 0 Å². The largest absolute Gasteiger partial charge is 0.359 e. The van der Waals surface area contributed by atoms with E-state index in [1.165, 1.54) is 11.8 Å². The van der Waals surface area contributed by atoms with E-state index in [1.54, 1.807) is 30.3 Å². The smallest absolute Gasteiger partial charge is 0.271 e. The van der Waals surface area contributed by atoms with Gasteiger partial charge in [0.2, 0.25) is 11.0 Å². The van der Waals surface area contributed by atoms with Crippen LogP contribution in [0.2, 0.25) is 0 Å². The van der Waals surface area contributed by atoms with Gasteiger partial charge < -0.3 is 5.21 Å². The lowest BCUT2D eigenvalue weighted by molar-refractivity contribution is -0.782. The number of aryl methyl sites for hydroxylation is 1. The van der Waals surface area contributed by atoms with Crippen molar-refractivity contribution in [2.75, 3.05) is 0 Å². The molecule has 0 radical (unpaired) electrons. The Balaban J connectivity index is 1.61. The van der Waals surface area contributed by atoms with Gasteiger partial charge in [-0.1, -0.05) is 25.5 Å². The molecule has 0 aliphatic rings. The number of amides is 1. The van der Waals surface area contributed by atoms with E-state index in [1.807, 2.05) is 12.1 Å². The summed E-state index contributed by atoms with van der Waals surface area (Å²) in [7, 11) is 0. The topological polar surface area (TPSA) is 94.4 Å². The lowest BCUT2D eigenvalue weighted by Gasteiger charge is -2.02. The van der Waals surface area contributed by atoms with Gasteiger partial charge in [0.15, 0.2) is 0 Å². The van der Waals surface area contributed by atoms with Crippen LogP contribution in [0, 0.1) is 5.21 Å². The van der Waals surface area contributed by atoms with Crippen LogP contribution in [0.1, 0.15) is 41.3 Å². The summed E-state index contributed by atoms with van der Waals surface area (Å²) in [6.45, 7) is 2.15. The second-order valence-corrected chi connectivity index (χ2v) is 5.68. The van der Waals surface area contributed by atoms with E-state index in [0.29, 0.717) is 27.1 Å². The molecule has 0 unspecified atom stereocenters. The van der Waals surface area contributed by atoms with Gasteiger partial charge in [-0.3, -0.25) is 9.42 Å². The Kier molecular flexibility index (Phi) is 5.03. The second-order valence-electron chi connectivity index (χ2n) is 5.68. The summed E-state index contributed by atoms with van der Waals surface area (Å²) >= 11 is 0. The van der Waals surface area contributed by atoms with Crippen LogP contribution in [-0.4, -0.2) is 17.3 Å². The van der Waals surface area contributed by atoms with Gasteiger partial charge in [0, 0.05) is 16.8 Å². The Morgan fingerprint density at radius 1 is 1.32 bits per heavy atom. The molecular formula is C18H18N4O3. The Labute approximate surface area is 144 Å². The van der Waals surface area contributed by atoms with Crippen molar-refractivity contribution < 1.29 is 14.3 Å². The second kappa shape index (κ2) is 7.57. The predicted molar refractivity (Wildman–Crippen MR) is 93.1 cm³/mol. The Bertz CT molecular complexity index is 900. The number of hydrogen-bond acceptors (Lipinski definition) is 5. The fourth-order valence-corrected chi connectivity index (χ4v) is 2.41. The fourth-order valence-electron chi connectivity index (χ4n) is 2.41. The highest BCUT2D eigenvalue weighted by molar-refractivity contribution is 5.95. The van der Waals surface area contributed by atoms with Crippen molar-refractivity contribution in [1.82, 2.24) is 10.6 Å². The fraction of sp³-hybridized carbons (Fsp3) is 0.222. The molecule has 7 nitrogen and oxygen atoms in total. The summed E-state index contributed by atoms with van der Waals surface area (Å²) < 4.78 is 4.50. The van der Waals surface area contributed by atoms with Crippen LogP contribution in [-0.2, 0) is 6.42 Å². The molecule has 1 aromatic heterocycles. The first-order valence-corrected chi connectivity index (χ1v) is 8.09. The van der Waals surface area contributed by atoms with E-state index in [4.69, 9.17) is 0 Å². The molecule has 0 spiro atoms. The van der Waals surface area contributed by atoms with Gasteiger partial charge in [0.25, 0.3) is 5.91 Å². The third kappa shape index (κ3) is 4.00. The van der Waals surface area contributed by atoms with Crippen LogP contribution < -0.4 is 10.3 Å². The normalized spacial score (nSPS) is 11.2. The molecular weight excluding hydrogens is 320 g/mol. The van der Waals surface area contributed by atoms with Crippen molar-refractivity contribution in [1.29, 1.82) is 0 Å². The molecule has 128 valence electrons. The summed E-state index contributed by atoms with van der Waals surface area (Å²) in [5, 5.41) is 18.8. The minimum atomic E-state index is -0.279. The predicted octanol–water partition coefficient (Wildman–Crippen LogP) is 2.57. The van der Waals surface area contributed by atoms with Gasteiger partial charge in [-0.15, -0.1) is 0 Å². The summed E-state index contributed by atoms with van der Waals surface area (Å²) in [6.07, 6.45) is 4.78. The molecule has 0 fully saturated rings. The molecule has 1 heterocycles. The van der Waals surface area contributed by atoms with Crippen molar-refractivity contribution in [3.8, 4) is 0 Å². The van der Waals surface area contributed by atoms with Crippen LogP contribution >= 0.6 is 0 Å². The molecule has 0 bridgehead atoms. The average Bonchev–Trinajstić information content (AvgIpc) is 3.01. The minimum Gasteiger partial charge on any atom is -0.359 e. The maximum atomic E-state index is 12.1. The molecule has 7 heteroatoms. The summed E-state index contributed by atoms with van der Waals surface area (Å²) in [4.78, 5) is 12.4. The number of aromatic nitrogens is 2. The van der Waals surface area contributed by atoms with E-state index in [0.717, 1.165) is 19.3 Å². The number of fused-ring (bicyclic) bond motifs is 1. The standard InChI is InChI=1S/C18H18N4O3/c1-2-3-4-13-5-8-15(9-6-13)18(23)20-19-12-14-7-10-17-16(11-14)21-25-22(17)24/h5-12H,2-4H2,1H3,(H,20,23)/b19-12+. The number of carbonyl (C=O) groups excluding carboxylic acids is 1. The first-order valence-electron chi connectivity index (χ1n) is 8.09. The first-order chi connectivity index (χ1) is 12.2. The lowest BCUT2D eigenvalue weighted by Crippen LogP contribution is -2.22. The number of carbonyl (C=O) groups is 1. The van der Waals surface area contributed by atoms with Crippen LogP contribution in [0.4, 0.5) is 0 Å². The van der Waals surface area contributed by atoms with Crippen molar-refractivity contribution in [3.63, 3.8) is 0 Å². The van der Waals surface area contributed by atoms with E-state index in [-0.39, 0.29) is 5.91 Å². The molecule has 0 saturated heterocycles. The highest BCUT2D eigenvalue weighted by atomic mass is 16.8. The number of benzene rings is 2. The van der Waals surface area contributed by atoms with Gasteiger partial charge in [0.1, 0.15) is 0 Å². The maximum absolute atomic E-state index is 12.1. The molecule has 1 N–H and O–H groups in total. The highest BCUT2D eigenvalue weighted by Crippen LogP contribution is 2.09. The number of unbranched alkanes of at least 4 members (excludes halogenated alkanes) is 1. The molecule has 0 aliphatic carbocycles. The van der Waals surface area contributed by atoms with Gasteiger partial charge in [-0.05, 0) is 53.1 Å². The van der Waals surface area contributed by atoms with Crippen molar-refractivity contribution >= 4 is 23.2 Å². The number of nitrogens with one attached hydrogen (secondary N) is 1. The van der Waals surface area contributed by atoms with E-state index in [9.17, 15) is 10.0 Å². The Morgan fingerprint density at radius 3 is 2.88 bits per heavy atom. The molecule has 0 saturated carbocycles.